The van der Waals surface area contributed by atoms with Crippen LogP contribution in [-0.4, -0.2) is 160 Å². The maximum Gasteiger partial charge on any atom is 0.407 e. The number of primary amides is 2. The number of aromatic hydroxyl groups is 1. The number of aliphatic hydroxyl groups is 2. The van der Waals surface area contributed by atoms with Gasteiger partial charge in [0.1, 0.15) is 53.6 Å². The molecule has 1 aromatic rings. The lowest BCUT2D eigenvalue weighted by atomic mass is 9.97. The van der Waals surface area contributed by atoms with Crippen LogP contribution in [0.5, 0.6) is 5.75 Å². The fourth-order valence-corrected chi connectivity index (χ4v) is 6.96. The summed E-state index contributed by atoms with van der Waals surface area (Å²) in [5, 5.41) is 46.7. The van der Waals surface area contributed by atoms with Crippen molar-refractivity contribution in [3.8, 4) is 5.75 Å². The molecule has 8 atom stereocenters. The molecule has 1 fully saturated rings. The van der Waals surface area contributed by atoms with E-state index in [0.29, 0.717) is 31.2 Å². The molecule has 2 rings (SSSR count). The first-order valence-electron chi connectivity index (χ1n) is 22.8. The van der Waals surface area contributed by atoms with E-state index in [-0.39, 0.29) is 50.9 Å². The highest BCUT2D eigenvalue weighted by Crippen LogP contribution is 2.20. The monoisotopic (exact) mass is 978 g/mol. The quantitative estimate of drug-likeness (QED) is 0.0359. The maximum atomic E-state index is 13.9. The Balaban J connectivity index is 2.16. The summed E-state index contributed by atoms with van der Waals surface area (Å²) in [4.78, 5) is 131. The molecule has 386 valence electrons. The Bertz CT molecular complexity index is 1950. The molecule has 1 aliphatic rings. The molecule has 69 heavy (non-hydrogen) atoms. The second kappa shape index (κ2) is 28.7. The summed E-state index contributed by atoms with van der Waals surface area (Å²) >= 11 is 0. The zero-order valence-electron chi connectivity index (χ0n) is 39.8. The van der Waals surface area contributed by atoms with E-state index in [1.807, 2.05) is 0 Å². The lowest BCUT2D eigenvalue weighted by Crippen LogP contribution is -2.61. The topological polar surface area (TPSA) is 406 Å². The summed E-state index contributed by atoms with van der Waals surface area (Å²) in [6, 6.07) is -3.55. The highest BCUT2D eigenvalue weighted by molar-refractivity contribution is 5.98. The summed E-state index contributed by atoms with van der Waals surface area (Å²) in [5.41, 5.74) is 16.3. The van der Waals surface area contributed by atoms with Gasteiger partial charge in [-0.2, -0.15) is 0 Å². The van der Waals surface area contributed by atoms with Gasteiger partial charge in [0.25, 0.3) is 0 Å². The molecule has 0 spiro atoms. The van der Waals surface area contributed by atoms with Crippen LogP contribution in [0.15, 0.2) is 24.3 Å². The van der Waals surface area contributed by atoms with Crippen molar-refractivity contribution >= 4 is 59.3 Å². The molecule has 1 saturated heterocycles. The Morgan fingerprint density at radius 3 is 2.00 bits per heavy atom. The third kappa shape index (κ3) is 20.7. The molecular weight excluding hydrogens is 907 g/mol. The molecule has 1 aliphatic heterocycles. The largest absolute Gasteiger partial charge is 0.508 e. The smallest absolute Gasteiger partial charge is 0.407 e. The number of hydrogen-bond acceptors (Lipinski definition) is 15. The fourth-order valence-electron chi connectivity index (χ4n) is 6.96. The number of rotatable bonds is 28. The van der Waals surface area contributed by atoms with Gasteiger partial charge in [-0.15, -0.1) is 0 Å². The van der Waals surface area contributed by atoms with E-state index in [9.17, 15) is 63.3 Å². The van der Waals surface area contributed by atoms with E-state index in [1.165, 1.54) is 24.3 Å². The molecule has 10 amide bonds. The van der Waals surface area contributed by atoms with E-state index in [4.69, 9.17) is 21.9 Å². The highest BCUT2D eigenvalue weighted by Gasteiger charge is 2.40. The SMILES string of the molecule is CC[C@H](C)[C@H](NC(=O)[C@H](CCCCNC(=O)OC(C)(C)C)NC(=O)[C@@H](N)CO)C(=O)N[C@@H](CO)C(=O)N1CCC[C@H]1C(=O)N[C@@H](CCC(N)=O)C(=O)NCC(=O)N[C@@H](Cc1ccc(O)cc1)C(N)=O. The van der Waals surface area contributed by atoms with E-state index in [2.05, 4.69) is 37.2 Å². The molecule has 0 radical (unpaired) electrons. The molecule has 0 aromatic heterocycles. The van der Waals surface area contributed by atoms with Crippen LogP contribution < -0.4 is 54.4 Å². The summed E-state index contributed by atoms with van der Waals surface area (Å²) in [7, 11) is 0. The van der Waals surface area contributed by atoms with Crippen LogP contribution in [0.1, 0.15) is 91.5 Å². The van der Waals surface area contributed by atoms with Crippen molar-refractivity contribution in [3.63, 3.8) is 0 Å². The lowest BCUT2D eigenvalue weighted by Gasteiger charge is -2.31. The van der Waals surface area contributed by atoms with Crippen molar-refractivity contribution in [2.45, 2.75) is 140 Å². The molecule has 1 heterocycles. The van der Waals surface area contributed by atoms with Gasteiger partial charge in [0, 0.05) is 25.9 Å². The minimum atomic E-state index is -1.62. The number of benzene rings is 1. The van der Waals surface area contributed by atoms with E-state index >= 15 is 0 Å². The number of ether oxygens (including phenoxy) is 1. The van der Waals surface area contributed by atoms with Crippen LogP contribution in [-0.2, 0) is 54.3 Å². The number of carbonyl (C=O) groups is 10. The number of amides is 10. The number of phenolic OH excluding ortho intramolecular Hbond substituents is 1. The molecule has 25 nitrogen and oxygen atoms in total. The van der Waals surface area contributed by atoms with Gasteiger partial charge in [-0.25, -0.2) is 4.79 Å². The average Bonchev–Trinajstić information content (AvgIpc) is 3.79. The number of unbranched alkanes of at least 4 members (excludes halogenated alkanes) is 1. The lowest BCUT2D eigenvalue weighted by molar-refractivity contribution is -0.143. The van der Waals surface area contributed by atoms with Crippen molar-refractivity contribution in [2.24, 2.45) is 23.1 Å². The van der Waals surface area contributed by atoms with Crippen LogP contribution in [0.25, 0.3) is 0 Å². The van der Waals surface area contributed by atoms with Crippen molar-refractivity contribution in [1.82, 2.24) is 42.1 Å². The third-order valence-electron chi connectivity index (χ3n) is 11.0. The van der Waals surface area contributed by atoms with E-state index in [0.717, 1.165) is 4.90 Å². The number of aliphatic hydroxyl groups excluding tert-OH is 2. The number of alkyl carbamates (subject to hydrolysis) is 1. The van der Waals surface area contributed by atoms with Gasteiger partial charge in [0.15, 0.2) is 0 Å². The predicted octanol–water partition coefficient (Wildman–Crippen LogP) is -3.73. The number of carbonyl (C=O) groups excluding carboxylic acids is 10. The van der Waals surface area contributed by atoms with Crippen molar-refractivity contribution in [1.29, 1.82) is 0 Å². The zero-order valence-corrected chi connectivity index (χ0v) is 39.8. The molecule has 0 unspecified atom stereocenters. The summed E-state index contributed by atoms with van der Waals surface area (Å²) in [6.45, 7) is 6.37. The zero-order chi connectivity index (χ0) is 52.0. The third-order valence-corrected chi connectivity index (χ3v) is 11.0. The fraction of sp³-hybridized carbons (Fsp3) is 0.636. The molecule has 0 saturated carbocycles. The minimum Gasteiger partial charge on any atom is -0.508 e. The van der Waals surface area contributed by atoms with Gasteiger partial charge < -0.3 is 79.4 Å². The Morgan fingerprint density at radius 1 is 0.783 bits per heavy atom. The molecule has 25 heteroatoms. The number of phenols is 1. The second-order valence-electron chi connectivity index (χ2n) is 17.8. The molecule has 1 aromatic carbocycles. The number of nitrogens with zero attached hydrogens (tertiary/aromatic N) is 1. The molecule has 0 bridgehead atoms. The first-order valence-corrected chi connectivity index (χ1v) is 22.8. The van der Waals surface area contributed by atoms with E-state index < -0.39 is 133 Å². The second-order valence-corrected chi connectivity index (χ2v) is 17.8. The van der Waals surface area contributed by atoms with Crippen LogP contribution in [0.3, 0.4) is 0 Å². The Morgan fingerprint density at radius 2 is 1.42 bits per heavy atom. The normalized spacial score (nSPS) is 16.5. The van der Waals surface area contributed by atoms with Crippen LogP contribution in [0.4, 0.5) is 4.79 Å². The molecule has 16 N–H and O–H groups in total. The number of hydrogen-bond donors (Lipinski definition) is 13. The minimum absolute atomic E-state index is 0.00294. The van der Waals surface area contributed by atoms with Gasteiger partial charge in [-0.3, -0.25) is 43.2 Å². The van der Waals surface area contributed by atoms with Gasteiger partial charge in [-0.05, 0) is 82.9 Å². The number of nitrogens with two attached hydrogens (primary N) is 3. The van der Waals surface area contributed by atoms with Crippen LogP contribution in [0.2, 0.25) is 0 Å². The average molecular weight is 978 g/mol. The van der Waals surface area contributed by atoms with Gasteiger partial charge >= 0.3 is 6.09 Å². The van der Waals surface area contributed by atoms with Gasteiger partial charge in [0.05, 0.1) is 19.8 Å². The summed E-state index contributed by atoms with van der Waals surface area (Å²) in [6.07, 6.45) is 0.0955. The summed E-state index contributed by atoms with van der Waals surface area (Å²) in [5.74, 6) is -8.20. The highest BCUT2D eigenvalue weighted by atomic mass is 16.6. The maximum absolute atomic E-state index is 13.9. The molecule has 0 aliphatic carbocycles. The van der Waals surface area contributed by atoms with E-state index in [1.54, 1.807) is 34.6 Å². The van der Waals surface area contributed by atoms with Crippen LogP contribution >= 0.6 is 0 Å². The Labute approximate surface area is 400 Å². The Hall–Kier alpha value is -6.60. The first kappa shape index (κ1) is 58.5. The number of nitrogens with one attached hydrogen (secondary N) is 7. The van der Waals surface area contributed by atoms with Crippen molar-refractivity contribution < 1.29 is 68.0 Å². The summed E-state index contributed by atoms with van der Waals surface area (Å²) < 4.78 is 5.21. The van der Waals surface area contributed by atoms with Crippen molar-refractivity contribution in [3.05, 3.63) is 29.8 Å². The van der Waals surface area contributed by atoms with Crippen LogP contribution in [0, 0.1) is 5.92 Å². The van der Waals surface area contributed by atoms with Gasteiger partial charge in [0.2, 0.25) is 53.2 Å². The predicted molar refractivity (Wildman–Crippen MR) is 247 cm³/mol. The first-order chi connectivity index (χ1) is 32.4. The van der Waals surface area contributed by atoms with Gasteiger partial charge in [-0.1, -0.05) is 32.4 Å². The Kier molecular flexibility index (Phi) is 24.3. The standard InChI is InChI=1S/C44H71N11O14/c1-6-24(2)35(54-39(64)28(51-37(62)27(45)22-56)10-7-8-18-48-43(68)69-44(3,4)5)41(66)53-31(23-57)42(67)55-19-9-11-32(55)40(65)52-29(16-17-33(46)59)38(63)49-21-34(60)50-30(36(47)61)20-25-12-14-26(58)15-13-25/h12-15,24,27-32,35,56-58H,6-11,16-23,45H2,1-5H3,(H2,46,59)(H2,47,61)(H,48,68)(H,49,63)(H,50,60)(H,51,62)(H,52,65)(H,53,66)(H,54,64)/t24-,27-,28-,29-,30-,31-,32-,35-/m0/s1. The number of likely N-dealkylation sites (tertiary alicyclic amines) is 1. The van der Waals surface area contributed by atoms with Crippen molar-refractivity contribution in [2.75, 3.05) is 32.8 Å². The molecular formula is C44H71N11O14.